The summed E-state index contributed by atoms with van der Waals surface area (Å²) < 4.78 is 10.8. The van der Waals surface area contributed by atoms with Gasteiger partial charge in [0.15, 0.2) is 0 Å². The number of aryl methyl sites for hydroxylation is 1. The lowest BCUT2D eigenvalue weighted by Gasteiger charge is -2.17. The zero-order chi connectivity index (χ0) is 12.8. The van der Waals surface area contributed by atoms with Crippen molar-refractivity contribution in [2.24, 2.45) is 0 Å². The Morgan fingerprint density at radius 3 is 2.06 bits per heavy atom. The number of methoxy groups -OCH3 is 2. The van der Waals surface area contributed by atoms with Crippen molar-refractivity contribution in [3.05, 3.63) is 23.3 Å². The fraction of sp³-hybridized carbons (Fsp3) is 0.500. The van der Waals surface area contributed by atoms with Crippen LogP contribution in [-0.2, 0) is 6.42 Å². The van der Waals surface area contributed by atoms with Crippen LogP contribution < -0.4 is 9.47 Å². The van der Waals surface area contributed by atoms with Gasteiger partial charge in [0.1, 0.15) is 11.5 Å². The van der Waals surface area contributed by atoms with Crippen LogP contribution in [-0.4, -0.2) is 14.2 Å². The van der Waals surface area contributed by atoms with Crippen LogP contribution in [0.25, 0.3) is 0 Å². The Morgan fingerprint density at radius 1 is 1.18 bits per heavy atom. The number of rotatable bonds is 5. The maximum Gasteiger partial charge on any atom is 0.126 e. The summed E-state index contributed by atoms with van der Waals surface area (Å²) in [5, 5.41) is 8.61. The Morgan fingerprint density at radius 2 is 1.71 bits per heavy atom. The van der Waals surface area contributed by atoms with Crippen LogP contribution >= 0.6 is 0 Å². The molecule has 1 rings (SSSR count). The Bertz CT molecular complexity index is 394. The topological polar surface area (TPSA) is 42.2 Å². The van der Waals surface area contributed by atoms with Gasteiger partial charge < -0.3 is 9.47 Å². The number of ether oxygens (including phenoxy) is 2. The van der Waals surface area contributed by atoms with E-state index in [-0.39, 0.29) is 0 Å². The van der Waals surface area contributed by atoms with Gasteiger partial charge in [-0.2, -0.15) is 5.26 Å². The van der Waals surface area contributed by atoms with E-state index in [9.17, 15) is 0 Å². The van der Waals surface area contributed by atoms with Crippen molar-refractivity contribution in [3.8, 4) is 17.6 Å². The second-order valence-corrected chi connectivity index (χ2v) is 4.23. The summed E-state index contributed by atoms with van der Waals surface area (Å²) in [6.07, 6.45) is 1.23. The van der Waals surface area contributed by atoms with Crippen molar-refractivity contribution in [2.45, 2.75) is 32.6 Å². The molecule has 0 unspecified atom stereocenters. The third kappa shape index (κ3) is 3.13. The van der Waals surface area contributed by atoms with Crippen LogP contribution in [0.1, 0.15) is 37.3 Å². The minimum atomic E-state index is 0.338. The lowest BCUT2D eigenvalue weighted by molar-refractivity contribution is 0.381. The number of hydrogen-bond acceptors (Lipinski definition) is 3. The Hall–Kier alpha value is -1.69. The first-order valence-electron chi connectivity index (χ1n) is 5.75. The molecule has 0 radical (unpaired) electrons. The molecule has 0 aromatic heterocycles. The molecule has 0 N–H and O–H groups in total. The molecule has 17 heavy (non-hydrogen) atoms. The van der Waals surface area contributed by atoms with E-state index in [1.807, 2.05) is 12.1 Å². The van der Waals surface area contributed by atoms with Gasteiger partial charge in [0.2, 0.25) is 0 Å². The summed E-state index contributed by atoms with van der Waals surface area (Å²) in [5.41, 5.74) is 2.15. The summed E-state index contributed by atoms with van der Waals surface area (Å²) in [5.74, 6) is 2.02. The van der Waals surface area contributed by atoms with Crippen LogP contribution in [0, 0.1) is 11.3 Å². The van der Waals surface area contributed by atoms with E-state index >= 15 is 0 Å². The highest BCUT2D eigenvalue weighted by Gasteiger charge is 2.15. The van der Waals surface area contributed by atoms with Crippen molar-refractivity contribution in [3.63, 3.8) is 0 Å². The number of nitrogens with zero attached hydrogens (tertiary/aromatic N) is 1. The molecule has 0 spiro atoms. The van der Waals surface area contributed by atoms with Gasteiger partial charge in [0, 0.05) is 12.0 Å². The standard InChI is InChI=1S/C14H19NO2/c1-10(2)14-12(16-3)8-11(6-5-7-15)9-13(14)17-4/h8-10H,5-6H2,1-4H3. The molecule has 3 heteroatoms. The second kappa shape index (κ2) is 6.15. The highest BCUT2D eigenvalue weighted by Crippen LogP contribution is 2.36. The first kappa shape index (κ1) is 13.4. The number of benzene rings is 1. The lowest BCUT2D eigenvalue weighted by Crippen LogP contribution is -2.00. The largest absolute Gasteiger partial charge is 0.496 e. The van der Waals surface area contributed by atoms with Crippen LogP contribution in [0.5, 0.6) is 11.5 Å². The van der Waals surface area contributed by atoms with E-state index in [1.165, 1.54) is 0 Å². The van der Waals surface area contributed by atoms with Gasteiger partial charge in [-0.3, -0.25) is 0 Å². The van der Waals surface area contributed by atoms with Crippen molar-refractivity contribution < 1.29 is 9.47 Å². The van der Waals surface area contributed by atoms with Crippen LogP contribution in [0.15, 0.2) is 12.1 Å². The van der Waals surface area contributed by atoms with Crippen molar-refractivity contribution in [1.29, 1.82) is 5.26 Å². The second-order valence-electron chi connectivity index (χ2n) is 4.23. The molecule has 92 valence electrons. The van der Waals surface area contributed by atoms with E-state index < -0.39 is 0 Å². The van der Waals surface area contributed by atoms with Gasteiger partial charge in [0.25, 0.3) is 0 Å². The highest BCUT2D eigenvalue weighted by molar-refractivity contribution is 5.50. The van der Waals surface area contributed by atoms with Gasteiger partial charge in [-0.05, 0) is 30.0 Å². The van der Waals surface area contributed by atoms with Gasteiger partial charge in [-0.25, -0.2) is 0 Å². The van der Waals surface area contributed by atoms with Crippen molar-refractivity contribution in [1.82, 2.24) is 0 Å². The molecule has 1 aromatic rings. The lowest BCUT2D eigenvalue weighted by atomic mass is 9.97. The zero-order valence-corrected chi connectivity index (χ0v) is 10.9. The summed E-state index contributed by atoms with van der Waals surface area (Å²) in [6, 6.07) is 6.14. The fourth-order valence-electron chi connectivity index (χ4n) is 1.91. The van der Waals surface area contributed by atoms with Gasteiger partial charge in [-0.1, -0.05) is 13.8 Å². The van der Waals surface area contributed by atoms with Crippen LogP contribution in [0.3, 0.4) is 0 Å². The quantitative estimate of drug-likeness (QED) is 0.783. The van der Waals surface area contributed by atoms with Crippen molar-refractivity contribution >= 4 is 0 Å². The average molecular weight is 233 g/mol. The maximum atomic E-state index is 8.61. The minimum absolute atomic E-state index is 0.338. The van der Waals surface area contributed by atoms with E-state index in [0.717, 1.165) is 29.0 Å². The van der Waals surface area contributed by atoms with E-state index in [4.69, 9.17) is 14.7 Å². The Balaban J connectivity index is 3.20. The van der Waals surface area contributed by atoms with Gasteiger partial charge >= 0.3 is 0 Å². The number of nitriles is 1. The third-order valence-corrected chi connectivity index (χ3v) is 2.71. The first-order chi connectivity index (χ1) is 8.13. The van der Waals surface area contributed by atoms with E-state index in [1.54, 1.807) is 14.2 Å². The summed E-state index contributed by atoms with van der Waals surface area (Å²) in [6.45, 7) is 4.21. The summed E-state index contributed by atoms with van der Waals surface area (Å²) >= 11 is 0. The van der Waals surface area contributed by atoms with Gasteiger partial charge in [0.05, 0.1) is 20.3 Å². The third-order valence-electron chi connectivity index (χ3n) is 2.71. The monoisotopic (exact) mass is 233 g/mol. The molecule has 1 aromatic carbocycles. The molecule has 0 aliphatic heterocycles. The molecule has 0 fully saturated rings. The smallest absolute Gasteiger partial charge is 0.126 e. The molecule has 3 nitrogen and oxygen atoms in total. The SMILES string of the molecule is COc1cc(CCC#N)cc(OC)c1C(C)C. The van der Waals surface area contributed by atoms with E-state index in [0.29, 0.717) is 12.3 Å². The molecule has 0 atom stereocenters. The molecular weight excluding hydrogens is 214 g/mol. The van der Waals surface area contributed by atoms with Crippen LogP contribution in [0.2, 0.25) is 0 Å². The highest BCUT2D eigenvalue weighted by atomic mass is 16.5. The minimum Gasteiger partial charge on any atom is -0.496 e. The fourth-order valence-corrected chi connectivity index (χ4v) is 1.91. The Labute approximate surface area is 103 Å². The first-order valence-corrected chi connectivity index (χ1v) is 5.75. The maximum absolute atomic E-state index is 8.61. The Kier molecular flexibility index (Phi) is 4.84. The summed E-state index contributed by atoms with van der Waals surface area (Å²) in [7, 11) is 3.32. The molecular formula is C14H19NO2. The van der Waals surface area contributed by atoms with E-state index in [2.05, 4.69) is 19.9 Å². The zero-order valence-electron chi connectivity index (χ0n) is 10.9. The summed E-state index contributed by atoms with van der Waals surface area (Å²) in [4.78, 5) is 0. The number of hydrogen-bond donors (Lipinski definition) is 0. The normalized spacial score (nSPS) is 10.1. The molecule has 0 heterocycles. The van der Waals surface area contributed by atoms with Gasteiger partial charge in [-0.15, -0.1) is 0 Å². The molecule has 0 saturated heterocycles. The molecule has 0 bridgehead atoms. The van der Waals surface area contributed by atoms with Crippen molar-refractivity contribution in [2.75, 3.05) is 14.2 Å². The predicted molar refractivity (Wildman–Crippen MR) is 67.6 cm³/mol. The van der Waals surface area contributed by atoms with Crippen LogP contribution in [0.4, 0.5) is 0 Å². The molecule has 0 saturated carbocycles. The average Bonchev–Trinajstić information content (AvgIpc) is 2.34. The molecule has 0 aliphatic carbocycles. The molecule has 0 amide bonds. The molecule has 0 aliphatic rings. The predicted octanol–water partition coefficient (Wildman–Crippen LogP) is 3.28.